The number of nitrogens with one attached hydrogen (secondary N) is 4. The number of rotatable bonds is 8. The van der Waals surface area contributed by atoms with E-state index in [0.29, 0.717) is 56.9 Å². The lowest BCUT2D eigenvalue weighted by molar-refractivity contribution is -0.145. The quantitative estimate of drug-likeness (QED) is 0.267. The third kappa shape index (κ3) is 9.93. The number of carbonyl (C=O) groups is 7. The molecule has 15 heteroatoms. The Kier molecular flexibility index (Phi) is 14.5. The van der Waals surface area contributed by atoms with Crippen LogP contribution in [0.4, 0.5) is 0 Å². The van der Waals surface area contributed by atoms with Gasteiger partial charge in [0.25, 0.3) is 0 Å². The minimum Gasteiger partial charge on any atom is -0.508 e. The number of carbonyl (C=O) groups excluding carboxylic acids is 7. The van der Waals surface area contributed by atoms with Gasteiger partial charge in [0.2, 0.25) is 41.4 Å². The molecule has 0 spiro atoms. The molecule has 5 N–H and O–H groups in total. The van der Waals surface area contributed by atoms with Gasteiger partial charge in [-0.3, -0.25) is 33.6 Å². The summed E-state index contributed by atoms with van der Waals surface area (Å²) in [5, 5.41) is 21.8. The van der Waals surface area contributed by atoms with E-state index in [0.717, 1.165) is 5.56 Å². The summed E-state index contributed by atoms with van der Waals surface area (Å²) in [6.45, 7) is 8.30. The summed E-state index contributed by atoms with van der Waals surface area (Å²) >= 11 is 0. The Labute approximate surface area is 352 Å². The average molecular weight is 828 g/mol. The van der Waals surface area contributed by atoms with Crippen molar-refractivity contribution in [2.45, 2.75) is 134 Å². The first-order valence-electron chi connectivity index (χ1n) is 21.8. The van der Waals surface area contributed by atoms with Crippen molar-refractivity contribution in [2.24, 2.45) is 11.8 Å². The van der Waals surface area contributed by atoms with Crippen molar-refractivity contribution in [3.05, 3.63) is 65.7 Å². The van der Waals surface area contributed by atoms with Gasteiger partial charge in [0, 0.05) is 32.5 Å². The number of phenols is 1. The molecule has 7 amide bonds. The van der Waals surface area contributed by atoms with Crippen LogP contribution < -0.4 is 21.3 Å². The number of hydrogen-bond acceptors (Lipinski definition) is 8. The minimum absolute atomic E-state index is 0.0378. The molecule has 4 fully saturated rings. The third-order valence-electron chi connectivity index (χ3n) is 13.0. The molecule has 0 unspecified atom stereocenters. The van der Waals surface area contributed by atoms with E-state index in [1.807, 2.05) is 58.0 Å². The molecule has 0 bridgehead atoms. The van der Waals surface area contributed by atoms with Crippen LogP contribution in [0.1, 0.15) is 90.2 Å². The highest BCUT2D eigenvalue weighted by Crippen LogP contribution is 2.26. The fraction of sp³-hybridized carbons (Fsp3) is 0.578. The van der Waals surface area contributed by atoms with Gasteiger partial charge >= 0.3 is 0 Å². The van der Waals surface area contributed by atoms with E-state index in [4.69, 9.17) is 0 Å². The van der Waals surface area contributed by atoms with Crippen molar-refractivity contribution in [1.29, 1.82) is 0 Å². The van der Waals surface area contributed by atoms with Gasteiger partial charge in [-0.05, 0) is 73.6 Å². The van der Waals surface area contributed by atoms with Crippen LogP contribution >= 0.6 is 0 Å². The predicted octanol–water partition coefficient (Wildman–Crippen LogP) is 2.20. The summed E-state index contributed by atoms with van der Waals surface area (Å²) in [5.74, 6) is -4.06. The van der Waals surface area contributed by atoms with Gasteiger partial charge in [0.1, 0.15) is 48.0 Å². The van der Waals surface area contributed by atoms with Crippen molar-refractivity contribution in [3.63, 3.8) is 0 Å². The maximum absolute atomic E-state index is 14.6. The number of nitrogens with zero attached hydrogens (tertiary/aromatic N) is 3. The van der Waals surface area contributed by atoms with Crippen molar-refractivity contribution >= 4 is 41.4 Å². The summed E-state index contributed by atoms with van der Waals surface area (Å²) in [5.41, 5.74) is 1.45. The number of aromatic hydroxyl groups is 1. The summed E-state index contributed by atoms with van der Waals surface area (Å²) in [6.07, 6.45) is 3.87. The molecule has 2 aromatic rings. The van der Waals surface area contributed by atoms with Crippen LogP contribution in [0.15, 0.2) is 54.6 Å². The number of hydrogen-bond donors (Lipinski definition) is 5. The van der Waals surface area contributed by atoms with E-state index in [1.54, 1.807) is 12.1 Å². The van der Waals surface area contributed by atoms with Gasteiger partial charge in [-0.2, -0.15) is 0 Å². The van der Waals surface area contributed by atoms with E-state index in [-0.39, 0.29) is 50.1 Å². The van der Waals surface area contributed by atoms with Crippen molar-refractivity contribution in [3.8, 4) is 5.75 Å². The Morgan fingerprint density at radius 1 is 0.533 bits per heavy atom. The van der Waals surface area contributed by atoms with Gasteiger partial charge in [0.15, 0.2) is 0 Å². The van der Waals surface area contributed by atoms with Crippen molar-refractivity contribution < 1.29 is 38.7 Å². The standard InChI is InChI=1S/C45H61N7O8/c1-5-27(3)37-42(57)49-38(28(4)6-2)45(60)52-24-12-16-35(52)40(55)47-33(26-30-18-20-31(53)21-19-30)44(59)50-22-10-15-34(50)39(54)46-32(25-29-13-8-7-9-14-29)43(58)51-23-11-17-36(51)41(56)48-37/h7-9,13-14,18-21,27-28,32-38,53H,5-6,10-12,15-17,22-26H2,1-4H3,(H,46,54)(H,47,55)(H,48,56)(H,49,57)/t27-,28-,32-,33-,34-,35-,36-,37-,38-/m0/s1. The molecule has 0 aliphatic carbocycles. The Balaban J connectivity index is 1.40. The second kappa shape index (κ2) is 19.7. The zero-order valence-electron chi connectivity index (χ0n) is 35.2. The van der Waals surface area contributed by atoms with E-state index in [1.165, 1.54) is 26.8 Å². The Morgan fingerprint density at radius 3 is 1.40 bits per heavy atom. The molecule has 0 radical (unpaired) electrons. The average Bonchev–Trinajstić information content (AvgIpc) is 4.06. The smallest absolute Gasteiger partial charge is 0.246 e. The highest BCUT2D eigenvalue weighted by Gasteiger charge is 2.45. The molecule has 0 saturated carbocycles. The summed E-state index contributed by atoms with van der Waals surface area (Å²) in [6, 6.07) is 8.54. The van der Waals surface area contributed by atoms with Crippen LogP contribution in [0.5, 0.6) is 5.75 Å². The molecule has 324 valence electrons. The Hall–Kier alpha value is -5.47. The Morgan fingerprint density at radius 2 is 0.933 bits per heavy atom. The second-order valence-electron chi connectivity index (χ2n) is 17.0. The van der Waals surface area contributed by atoms with Gasteiger partial charge < -0.3 is 41.1 Å². The molecule has 6 rings (SSSR count). The van der Waals surface area contributed by atoms with Crippen molar-refractivity contribution in [2.75, 3.05) is 19.6 Å². The first kappa shape index (κ1) is 44.1. The lowest BCUT2D eigenvalue weighted by Gasteiger charge is -2.34. The molecule has 0 aromatic heterocycles. The van der Waals surface area contributed by atoms with Crippen LogP contribution in [0, 0.1) is 11.8 Å². The number of phenolic OH excluding ortho intramolecular Hbond substituents is 1. The molecule has 15 nitrogen and oxygen atoms in total. The maximum Gasteiger partial charge on any atom is 0.246 e. The first-order chi connectivity index (χ1) is 28.8. The predicted molar refractivity (Wildman–Crippen MR) is 223 cm³/mol. The normalized spacial score (nSPS) is 28.4. The SMILES string of the molecule is CC[C@H](C)[C@@H]1NC(=O)[C@@H]2CCCN2C(=O)[C@H](Cc2ccccc2)NC(=O)[C@@H]2CCCN2C(=O)[C@H](Cc2ccc(O)cc2)NC(=O)[C@@H]2CCCN2C(=O)[C@H]([C@@H](C)CC)NC1=O. The highest BCUT2D eigenvalue weighted by molar-refractivity contribution is 5.99. The summed E-state index contributed by atoms with van der Waals surface area (Å²) in [7, 11) is 0. The van der Waals surface area contributed by atoms with E-state index in [2.05, 4.69) is 21.3 Å². The van der Waals surface area contributed by atoms with E-state index in [9.17, 15) is 38.7 Å². The molecule has 2 aromatic carbocycles. The lowest BCUT2D eigenvalue weighted by Crippen LogP contribution is -2.61. The van der Waals surface area contributed by atoms with Gasteiger partial charge in [-0.1, -0.05) is 83.0 Å². The minimum atomic E-state index is -1.13. The van der Waals surface area contributed by atoms with Crippen LogP contribution in [-0.2, 0) is 46.4 Å². The number of benzene rings is 2. The van der Waals surface area contributed by atoms with E-state index < -0.39 is 83.6 Å². The van der Waals surface area contributed by atoms with Gasteiger partial charge in [0.05, 0.1) is 0 Å². The molecule has 4 saturated heterocycles. The summed E-state index contributed by atoms with van der Waals surface area (Å²) < 4.78 is 0. The zero-order chi connectivity index (χ0) is 43.1. The first-order valence-corrected chi connectivity index (χ1v) is 21.8. The largest absolute Gasteiger partial charge is 0.508 e. The highest BCUT2D eigenvalue weighted by atomic mass is 16.3. The molecule has 60 heavy (non-hydrogen) atoms. The zero-order valence-corrected chi connectivity index (χ0v) is 35.2. The molecule has 4 aliphatic rings. The topological polar surface area (TPSA) is 198 Å². The van der Waals surface area contributed by atoms with Crippen molar-refractivity contribution in [1.82, 2.24) is 36.0 Å². The van der Waals surface area contributed by atoms with Crippen LogP contribution in [-0.4, -0.2) is 123 Å². The van der Waals surface area contributed by atoms with Crippen LogP contribution in [0.3, 0.4) is 0 Å². The summed E-state index contributed by atoms with van der Waals surface area (Å²) in [4.78, 5) is 105. The molecule has 4 heterocycles. The Bertz CT molecular complexity index is 1890. The molecule has 4 aliphatic heterocycles. The van der Waals surface area contributed by atoms with Gasteiger partial charge in [-0.15, -0.1) is 0 Å². The molecular formula is C45H61N7O8. The second-order valence-corrected chi connectivity index (χ2v) is 17.0. The fourth-order valence-corrected chi connectivity index (χ4v) is 9.02. The third-order valence-corrected chi connectivity index (χ3v) is 13.0. The monoisotopic (exact) mass is 827 g/mol. The van der Waals surface area contributed by atoms with Crippen LogP contribution in [0.2, 0.25) is 0 Å². The van der Waals surface area contributed by atoms with Crippen LogP contribution in [0.25, 0.3) is 0 Å². The number of amides is 7. The molecule has 9 atom stereocenters. The van der Waals surface area contributed by atoms with Gasteiger partial charge in [-0.25, -0.2) is 0 Å². The molecular weight excluding hydrogens is 767 g/mol. The van der Waals surface area contributed by atoms with E-state index >= 15 is 0 Å². The lowest BCUT2D eigenvalue weighted by atomic mass is 9.94. The fourth-order valence-electron chi connectivity index (χ4n) is 9.02. The number of fused-ring (bicyclic) bond motifs is 3. The maximum atomic E-state index is 14.6.